The van der Waals surface area contributed by atoms with Gasteiger partial charge in [0.05, 0.1) is 12.1 Å². The van der Waals surface area contributed by atoms with E-state index in [2.05, 4.69) is 5.32 Å². The average molecular weight is 242 g/mol. The lowest BCUT2D eigenvalue weighted by atomic mass is 9.98. The van der Waals surface area contributed by atoms with Crippen LogP contribution in [0, 0.1) is 0 Å². The van der Waals surface area contributed by atoms with Crippen molar-refractivity contribution in [2.75, 3.05) is 6.61 Å². The predicted octanol–water partition coefficient (Wildman–Crippen LogP) is 1.74. The van der Waals surface area contributed by atoms with Gasteiger partial charge in [-0.05, 0) is 36.6 Å². The molecule has 0 atom stereocenters. The summed E-state index contributed by atoms with van der Waals surface area (Å²) in [5.74, 6) is -0.200. The van der Waals surface area contributed by atoms with Crippen molar-refractivity contribution in [2.24, 2.45) is 0 Å². The maximum absolute atomic E-state index is 11.8. The van der Waals surface area contributed by atoms with Gasteiger partial charge in [-0.15, -0.1) is 0 Å². The summed E-state index contributed by atoms with van der Waals surface area (Å²) in [4.78, 5) is 11.8. The normalized spacial score (nSPS) is 17.6. The Labute approximate surface area is 97.9 Å². The Morgan fingerprint density at radius 3 is 2.69 bits per heavy atom. The Morgan fingerprint density at radius 1 is 1.50 bits per heavy atom. The number of carbonyl (C=O) groups excluding carboxylic acids is 1. The second-order valence-corrected chi connectivity index (χ2v) is 4.25. The van der Waals surface area contributed by atoms with Gasteiger partial charge in [0.25, 0.3) is 5.91 Å². The highest BCUT2D eigenvalue weighted by molar-refractivity contribution is 6.29. The van der Waals surface area contributed by atoms with Crippen LogP contribution in [0.15, 0.2) is 28.7 Å². The van der Waals surface area contributed by atoms with Crippen LogP contribution in [0.3, 0.4) is 0 Å². The fourth-order valence-electron chi connectivity index (χ4n) is 1.71. The van der Waals surface area contributed by atoms with Crippen molar-refractivity contribution in [1.82, 2.24) is 5.32 Å². The minimum Gasteiger partial charge on any atom is -0.440 e. The predicted molar refractivity (Wildman–Crippen MR) is 59.4 cm³/mol. The molecule has 0 saturated heterocycles. The van der Waals surface area contributed by atoms with Gasteiger partial charge < -0.3 is 14.8 Å². The molecule has 4 nitrogen and oxygen atoms in total. The van der Waals surface area contributed by atoms with E-state index in [1.165, 1.54) is 12.1 Å². The molecule has 1 aliphatic carbocycles. The van der Waals surface area contributed by atoms with Crippen molar-refractivity contribution in [3.63, 3.8) is 0 Å². The van der Waals surface area contributed by atoms with E-state index < -0.39 is 5.54 Å². The minimum atomic E-state index is -0.587. The fraction of sp³-hybridized carbons (Fsp3) is 0.364. The molecule has 1 aromatic rings. The SMILES string of the molecule is O=C(NC1(CO)CC=CC1)c1ccc(Cl)o1. The molecule has 0 aliphatic heterocycles. The number of amides is 1. The molecule has 1 heterocycles. The van der Waals surface area contributed by atoms with Gasteiger partial charge in [0.15, 0.2) is 11.0 Å². The third-order valence-corrected chi connectivity index (χ3v) is 2.87. The van der Waals surface area contributed by atoms with Crippen molar-refractivity contribution in [2.45, 2.75) is 18.4 Å². The summed E-state index contributed by atoms with van der Waals surface area (Å²) in [6.45, 7) is -0.0970. The number of rotatable bonds is 3. The second-order valence-electron chi connectivity index (χ2n) is 3.88. The average Bonchev–Trinajstić information content (AvgIpc) is 2.88. The van der Waals surface area contributed by atoms with Crippen LogP contribution in [0.2, 0.25) is 5.22 Å². The Bertz CT molecular complexity index is 417. The van der Waals surface area contributed by atoms with Crippen LogP contribution in [0.4, 0.5) is 0 Å². The van der Waals surface area contributed by atoms with Crippen LogP contribution < -0.4 is 5.32 Å². The van der Waals surface area contributed by atoms with Crippen molar-refractivity contribution in [1.29, 1.82) is 0 Å². The Kier molecular flexibility index (Phi) is 3.03. The molecule has 0 aromatic carbocycles. The highest BCUT2D eigenvalue weighted by Crippen LogP contribution is 2.24. The summed E-state index contributed by atoms with van der Waals surface area (Å²) in [5, 5.41) is 12.2. The van der Waals surface area contributed by atoms with Crippen LogP contribution in [0.5, 0.6) is 0 Å². The number of hydrogen-bond donors (Lipinski definition) is 2. The Hall–Kier alpha value is -1.26. The van der Waals surface area contributed by atoms with E-state index in [1.807, 2.05) is 12.2 Å². The molecule has 0 spiro atoms. The lowest BCUT2D eigenvalue weighted by Gasteiger charge is -2.27. The van der Waals surface area contributed by atoms with E-state index in [0.29, 0.717) is 12.8 Å². The largest absolute Gasteiger partial charge is 0.440 e. The maximum atomic E-state index is 11.8. The molecule has 2 rings (SSSR count). The molecule has 0 radical (unpaired) electrons. The summed E-state index contributed by atoms with van der Waals surface area (Å²) in [6, 6.07) is 3.01. The van der Waals surface area contributed by atoms with Crippen LogP contribution in [-0.4, -0.2) is 23.2 Å². The topological polar surface area (TPSA) is 62.5 Å². The van der Waals surface area contributed by atoms with Gasteiger partial charge in [-0.25, -0.2) is 0 Å². The standard InChI is InChI=1S/C11H12ClNO3/c12-9-4-3-8(16-9)10(15)13-11(7-14)5-1-2-6-11/h1-4,14H,5-7H2,(H,13,15). The number of hydrogen-bond acceptors (Lipinski definition) is 3. The zero-order valence-corrected chi connectivity index (χ0v) is 9.33. The van der Waals surface area contributed by atoms with Gasteiger partial charge in [-0.3, -0.25) is 4.79 Å². The summed E-state index contributed by atoms with van der Waals surface area (Å²) in [7, 11) is 0. The number of nitrogens with one attached hydrogen (secondary N) is 1. The molecule has 1 aliphatic rings. The van der Waals surface area contributed by atoms with Gasteiger partial charge in [0.1, 0.15) is 0 Å². The number of aliphatic hydroxyl groups is 1. The molecule has 86 valence electrons. The van der Waals surface area contributed by atoms with Gasteiger partial charge in [0.2, 0.25) is 0 Å². The Balaban J connectivity index is 2.07. The lowest BCUT2D eigenvalue weighted by molar-refractivity contribution is 0.0817. The monoisotopic (exact) mass is 241 g/mol. The molecular formula is C11H12ClNO3. The third-order valence-electron chi connectivity index (χ3n) is 2.66. The van der Waals surface area contributed by atoms with Crippen LogP contribution in [0.1, 0.15) is 23.4 Å². The van der Waals surface area contributed by atoms with Crippen molar-refractivity contribution in [3.8, 4) is 0 Å². The van der Waals surface area contributed by atoms with Crippen LogP contribution >= 0.6 is 11.6 Å². The highest BCUT2D eigenvalue weighted by atomic mass is 35.5. The lowest BCUT2D eigenvalue weighted by Crippen LogP contribution is -2.49. The van der Waals surface area contributed by atoms with E-state index in [0.717, 1.165) is 0 Å². The van der Waals surface area contributed by atoms with E-state index in [4.69, 9.17) is 16.0 Å². The summed E-state index contributed by atoms with van der Waals surface area (Å²) < 4.78 is 5.00. The zero-order chi connectivity index (χ0) is 11.6. The number of aliphatic hydroxyl groups excluding tert-OH is 1. The van der Waals surface area contributed by atoms with Gasteiger partial charge in [-0.2, -0.15) is 0 Å². The molecule has 0 saturated carbocycles. The third kappa shape index (κ3) is 2.13. The van der Waals surface area contributed by atoms with Crippen molar-refractivity contribution < 1.29 is 14.3 Å². The van der Waals surface area contributed by atoms with Crippen molar-refractivity contribution >= 4 is 17.5 Å². The molecule has 5 heteroatoms. The number of carbonyl (C=O) groups is 1. The second kappa shape index (κ2) is 4.31. The highest BCUT2D eigenvalue weighted by Gasteiger charge is 2.32. The first kappa shape index (κ1) is 11.2. The van der Waals surface area contributed by atoms with Crippen LogP contribution in [-0.2, 0) is 0 Å². The van der Waals surface area contributed by atoms with Crippen LogP contribution in [0.25, 0.3) is 0 Å². The molecule has 1 amide bonds. The van der Waals surface area contributed by atoms with Gasteiger partial charge in [-0.1, -0.05) is 12.2 Å². The van der Waals surface area contributed by atoms with Crippen molar-refractivity contribution in [3.05, 3.63) is 35.3 Å². The smallest absolute Gasteiger partial charge is 0.287 e. The first-order valence-corrected chi connectivity index (χ1v) is 5.37. The van der Waals surface area contributed by atoms with Gasteiger partial charge in [0, 0.05) is 0 Å². The number of furan rings is 1. The summed E-state index contributed by atoms with van der Waals surface area (Å²) in [5.41, 5.74) is -0.587. The number of halogens is 1. The van der Waals surface area contributed by atoms with E-state index in [9.17, 15) is 9.90 Å². The quantitative estimate of drug-likeness (QED) is 0.793. The molecular weight excluding hydrogens is 230 g/mol. The molecule has 0 fully saturated rings. The molecule has 2 N–H and O–H groups in total. The Morgan fingerprint density at radius 2 is 2.19 bits per heavy atom. The van der Waals surface area contributed by atoms with Gasteiger partial charge >= 0.3 is 0 Å². The molecule has 1 aromatic heterocycles. The first-order chi connectivity index (χ1) is 7.65. The van der Waals surface area contributed by atoms with E-state index in [-0.39, 0.29) is 23.5 Å². The van der Waals surface area contributed by atoms with E-state index >= 15 is 0 Å². The molecule has 16 heavy (non-hydrogen) atoms. The van der Waals surface area contributed by atoms with E-state index in [1.54, 1.807) is 0 Å². The maximum Gasteiger partial charge on any atom is 0.287 e. The molecule has 0 bridgehead atoms. The fourth-order valence-corrected chi connectivity index (χ4v) is 1.86. The molecule has 0 unspecified atom stereocenters. The zero-order valence-electron chi connectivity index (χ0n) is 8.57. The first-order valence-electron chi connectivity index (χ1n) is 4.99. The minimum absolute atomic E-state index is 0.0970. The summed E-state index contributed by atoms with van der Waals surface area (Å²) in [6.07, 6.45) is 5.13. The summed E-state index contributed by atoms with van der Waals surface area (Å²) >= 11 is 5.58.